The fraction of sp³-hybridized carbons (Fsp3) is 0.308. The number of carbonyl (C=O) groups is 1. The summed E-state index contributed by atoms with van der Waals surface area (Å²) >= 11 is 1.03. The SMILES string of the molecule is CC(=O)C(Sc1nc(C)cc(C)c1C#N)=C(C)O. The van der Waals surface area contributed by atoms with Crippen LogP contribution in [0.25, 0.3) is 0 Å². The van der Waals surface area contributed by atoms with Crippen LogP contribution in [0.3, 0.4) is 0 Å². The second kappa shape index (κ2) is 5.69. The molecule has 1 rings (SSSR count). The Morgan fingerprint density at radius 2 is 2.06 bits per heavy atom. The van der Waals surface area contributed by atoms with E-state index in [0.717, 1.165) is 23.0 Å². The van der Waals surface area contributed by atoms with Gasteiger partial charge in [-0.2, -0.15) is 5.26 Å². The number of ketones is 1. The minimum atomic E-state index is -0.246. The first-order chi connectivity index (χ1) is 8.36. The quantitative estimate of drug-likeness (QED) is 0.515. The molecule has 0 spiro atoms. The Morgan fingerprint density at radius 3 is 2.50 bits per heavy atom. The van der Waals surface area contributed by atoms with Crippen molar-refractivity contribution in [3.8, 4) is 6.07 Å². The van der Waals surface area contributed by atoms with Crippen molar-refractivity contribution in [3.05, 3.63) is 33.6 Å². The molecule has 0 saturated heterocycles. The number of aromatic nitrogens is 1. The van der Waals surface area contributed by atoms with Crippen molar-refractivity contribution < 1.29 is 9.90 Å². The maximum Gasteiger partial charge on any atom is 0.169 e. The fourth-order valence-electron chi connectivity index (χ4n) is 1.51. The Kier molecular flexibility index (Phi) is 4.51. The number of aliphatic hydroxyl groups excluding tert-OH is 1. The van der Waals surface area contributed by atoms with Crippen LogP contribution in [-0.4, -0.2) is 15.9 Å². The number of pyridine rings is 1. The minimum Gasteiger partial charge on any atom is -0.511 e. The maximum atomic E-state index is 11.4. The normalized spacial score (nSPS) is 11.7. The van der Waals surface area contributed by atoms with E-state index in [9.17, 15) is 9.90 Å². The van der Waals surface area contributed by atoms with Crippen LogP contribution in [0, 0.1) is 25.2 Å². The van der Waals surface area contributed by atoms with E-state index in [1.807, 2.05) is 19.9 Å². The summed E-state index contributed by atoms with van der Waals surface area (Å²) in [6, 6.07) is 3.89. The number of hydrogen-bond donors (Lipinski definition) is 1. The molecule has 0 aromatic carbocycles. The average Bonchev–Trinajstić information content (AvgIpc) is 2.24. The number of rotatable bonds is 3. The third-order valence-corrected chi connectivity index (χ3v) is 3.55. The topological polar surface area (TPSA) is 74.0 Å². The predicted octanol–water partition coefficient (Wildman–Crippen LogP) is 3.04. The van der Waals surface area contributed by atoms with Gasteiger partial charge in [0, 0.05) is 5.69 Å². The van der Waals surface area contributed by atoms with Gasteiger partial charge in [0.15, 0.2) is 5.78 Å². The molecule has 1 aromatic heterocycles. The number of nitriles is 1. The largest absolute Gasteiger partial charge is 0.511 e. The molecule has 0 radical (unpaired) electrons. The first kappa shape index (κ1) is 14.3. The molecule has 0 aliphatic heterocycles. The van der Waals surface area contributed by atoms with Gasteiger partial charge in [-0.05, 0) is 39.3 Å². The van der Waals surface area contributed by atoms with Crippen molar-refractivity contribution in [1.29, 1.82) is 5.26 Å². The number of carbonyl (C=O) groups excluding carboxylic acids is 1. The van der Waals surface area contributed by atoms with Gasteiger partial charge in [0.1, 0.15) is 16.9 Å². The summed E-state index contributed by atoms with van der Waals surface area (Å²) in [5.74, 6) is -0.304. The minimum absolute atomic E-state index is 0.0580. The highest BCUT2D eigenvalue weighted by atomic mass is 32.2. The van der Waals surface area contributed by atoms with Gasteiger partial charge >= 0.3 is 0 Å². The molecule has 0 fully saturated rings. The van der Waals surface area contributed by atoms with Crippen molar-refractivity contribution in [2.45, 2.75) is 32.7 Å². The highest BCUT2D eigenvalue weighted by Gasteiger charge is 2.16. The summed E-state index contributed by atoms with van der Waals surface area (Å²) in [7, 11) is 0. The molecule has 1 aromatic rings. The van der Waals surface area contributed by atoms with Crippen LogP contribution in [0.2, 0.25) is 0 Å². The van der Waals surface area contributed by atoms with E-state index < -0.39 is 0 Å². The number of thioether (sulfide) groups is 1. The molecule has 0 unspecified atom stereocenters. The first-order valence-corrected chi connectivity index (χ1v) is 6.15. The van der Waals surface area contributed by atoms with Crippen LogP contribution in [0.15, 0.2) is 21.8 Å². The Hall–Kier alpha value is -1.80. The third-order valence-electron chi connectivity index (χ3n) is 2.27. The zero-order valence-corrected chi connectivity index (χ0v) is 11.6. The van der Waals surface area contributed by atoms with Gasteiger partial charge in [0.05, 0.1) is 10.5 Å². The molecular formula is C13H14N2O2S. The van der Waals surface area contributed by atoms with Crippen LogP contribution < -0.4 is 0 Å². The van der Waals surface area contributed by atoms with Crippen LogP contribution in [0.4, 0.5) is 0 Å². The summed E-state index contributed by atoms with van der Waals surface area (Å²) in [5, 5.41) is 19.0. The van der Waals surface area contributed by atoms with Crippen LogP contribution >= 0.6 is 11.8 Å². The van der Waals surface area contributed by atoms with Crippen molar-refractivity contribution in [2.75, 3.05) is 0 Å². The standard InChI is InChI=1S/C13H14N2O2S/c1-7-5-8(2)15-13(11(7)6-14)18-12(9(3)16)10(4)17/h5,16H,1-4H3. The van der Waals surface area contributed by atoms with E-state index >= 15 is 0 Å². The van der Waals surface area contributed by atoms with Gasteiger partial charge in [-0.15, -0.1) is 0 Å². The molecule has 18 heavy (non-hydrogen) atoms. The molecule has 0 bridgehead atoms. The lowest BCUT2D eigenvalue weighted by atomic mass is 10.1. The van der Waals surface area contributed by atoms with Crippen molar-refractivity contribution in [2.24, 2.45) is 0 Å². The summed E-state index contributed by atoms with van der Waals surface area (Å²) in [4.78, 5) is 15.9. The number of allylic oxidation sites excluding steroid dienone is 2. The smallest absolute Gasteiger partial charge is 0.169 e. The average molecular weight is 262 g/mol. The number of hydrogen-bond acceptors (Lipinski definition) is 5. The Morgan fingerprint density at radius 1 is 1.44 bits per heavy atom. The molecule has 1 heterocycles. The zero-order chi connectivity index (χ0) is 13.9. The summed E-state index contributed by atoms with van der Waals surface area (Å²) in [6.07, 6.45) is 0. The summed E-state index contributed by atoms with van der Waals surface area (Å²) in [6.45, 7) is 6.45. The van der Waals surface area contributed by atoms with Gasteiger partial charge in [-0.3, -0.25) is 4.79 Å². The summed E-state index contributed by atoms with van der Waals surface area (Å²) < 4.78 is 0. The van der Waals surface area contributed by atoms with Gasteiger partial charge in [-0.25, -0.2) is 4.98 Å². The van der Waals surface area contributed by atoms with E-state index in [1.54, 1.807) is 0 Å². The fourth-order valence-corrected chi connectivity index (χ4v) is 2.49. The van der Waals surface area contributed by atoms with Crippen LogP contribution in [0.5, 0.6) is 0 Å². The number of aryl methyl sites for hydroxylation is 2. The molecule has 94 valence electrons. The van der Waals surface area contributed by atoms with E-state index in [1.165, 1.54) is 13.8 Å². The molecule has 0 amide bonds. The predicted molar refractivity (Wildman–Crippen MR) is 70.3 cm³/mol. The van der Waals surface area contributed by atoms with E-state index in [2.05, 4.69) is 11.1 Å². The first-order valence-electron chi connectivity index (χ1n) is 5.33. The highest BCUT2D eigenvalue weighted by Crippen LogP contribution is 2.31. The van der Waals surface area contributed by atoms with Gasteiger partial charge in [0.2, 0.25) is 0 Å². The van der Waals surface area contributed by atoms with E-state index in [0.29, 0.717) is 10.6 Å². The van der Waals surface area contributed by atoms with Crippen molar-refractivity contribution in [3.63, 3.8) is 0 Å². The second-order valence-corrected chi connectivity index (χ2v) is 4.94. The molecule has 5 heteroatoms. The number of nitrogens with zero attached hydrogens (tertiary/aromatic N) is 2. The monoisotopic (exact) mass is 262 g/mol. The molecule has 0 saturated carbocycles. The number of Topliss-reactive ketones (excluding diaryl/α,β-unsaturated/α-hetero) is 1. The second-order valence-electron chi connectivity index (χ2n) is 3.95. The zero-order valence-electron chi connectivity index (χ0n) is 10.7. The molecule has 4 nitrogen and oxygen atoms in total. The molecular weight excluding hydrogens is 248 g/mol. The lowest BCUT2D eigenvalue weighted by Crippen LogP contribution is -2.00. The van der Waals surface area contributed by atoms with Crippen LogP contribution in [-0.2, 0) is 4.79 Å². The molecule has 0 aliphatic rings. The van der Waals surface area contributed by atoms with Crippen molar-refractivity contribution in [1.82, 2.24) is 4.98 Å². The van der Waals surface area contributed by atoms with E-state index in [-0.39, 0.29) is 16.4 Å². The van der Waals surface area contributed by atoms with Gasteiger partial charge in [0.25, 0.3) is 0 Å². The van der Waals surface area contributed by atoms with E-state index in [4.69, 9.17) is 5.26 Å². The Bertz CT molecular complexity index is 567. The highest BCUT2D eigenvalue weighted by molar-refractivity contribution is 8.04. The Labute approximate surface area is 110 Å². The number of aliphatic hydroxyl groups is 1. The maximum absolute atomic E-state index is 11.4. The molecule has 0 atom stereocenters. The Balaban J connectivity index is 3.32. The summed E-state index contributed by atoms with van der Waals surface area (Å²) in [5.41, 5.74) is 2.02. The van der Waals surface area contributed by atoms with Crippen molar-refractivity contribution >= 4 is 17.5 Å². The van der Waals surface area contributed by atoms with Gasteiger partial charge in [-0.1, -0.05) is 11.8 Å². The lowest BCUT2D eigenvalue weighted by molar-refractivity contribution is -0.113. The third kappa shape index (κ3) is 3.11. The van der Waals surface area contributed by atoms with Gasteiger partial charge < -0.3 is 5.11 Å². The van der Waals surface area contributed by atoms with Crippen LogP contribution in [0.1, 0.15) is 30.7 Å². The molecule has 0 aliphatic carbocycles. The molecule has 1 N–H and O–H groups in total. The lowest BCUT2D eigenvalue weighted by Gasteiger charge is -2.08.